The smallest absolute Gasteiger partial charge is 0.315 e. The Morgan fingerprint density at radius 1 is 0.959 bits per heavy atom. The second-order valence-electron chi connectivity index (χ2n) is 13.3. The van der Waals surface area contributed by atoms with E-state index in [9.17, 15) is 20.1 Å². The number of fused-ring (bicyclic) bond motifs is 1. The quantitative estimate of drug-likeness (QED) is 0.117. The van der Waals surface area contributed by atoms with Gasteiger partial charge >= 0.3 is 6.03 Å². The molecule has 0 radical (unpaired) electrons. The molecular formula is C36H50N8O5. The van der Waals surface area contributed by atoms with Crippen molar-refractivity contribution in [2.45, 2.75) is 90.6 Å². The summed E-state index contributed by atoms with van der Waals surface area (Å²) < 4.78 is 7.34. The minimum Gasteiger partial charge on any atom is -0.394 e. The first-order chi connectivity index (χ1) is 23.5. The lowest BCUT2D eigenvalue weighted by Crippen LogP contribution is -2.44. The number of ether oxygens (including phenoxy) is 1. The lowest BCUT2D eigenvalue weighted by Gasteiger charge is -2.30. The number of hydrogen-bond acceptors (Lipinski definition) is 10. The number of carbonyl (C=O) groups excluding carboxylic acids is 1. The van der Waals surface area contributed by atoms with E-state index in [1.807, 2.05) is 0 Å². The maximum atomic E-state index is 12.8. The molecule has 4 atom stereocenters. The van der Waals surface area contributed by atoms with Crippen LogP contribution in [0.2, 0.25) is 0 Å². The van der Waals surface area contributed by atoms with E-state index < -0.39 is 31.1 Å². The third-order valence-corrected chi connectivity index (χ3v) is 9.01. The fourth-order valence-electron chi connectivity index (χ4n) is 6.49. The highest BCUT2D eigenvalue weighted by Crippen LogP contribution is 2.33. The van der Waals surface area contributed by atoms with Crippen LogP contribution in [0.25, 0.3) is 11.2 Å². The number of imidazole rings is 1. The van der Waals surface area contributed by atoms with Crippen molar-refractivity contribution < 1.29 is 24.9 Å². The summed E-state index contributed by atoms with van der Waals surface area (Å²) >= 11 is 0. The molecule has 4 aromatic rings. The molecule has 1 aliphatic rings. The minimum absolute atomic E-state index is 0.0176. The normalized spacial score (nSPS) is 19.4. The lowest BCUT2D eigenvalue weighted by atomic mass is 9.89. The number of aryl methyl sites for hydroxylation is 2. The number of aliphatic hydroxyl groups excluding tert-OH is 3. The van der Waals surface area contributed by atoms with E-state index in [2.05, 4.69) is 116 Å². The van der Waals surface area contributed by atoms with Crippen LogP contribution in [0, 0.1) is 13.8 Å². The van der Waals surface area contributed by atoms with E-state index in [1.165, 1.54) is 10.9 Å². The van der Waals surface area contributed by atoms with Crippen LogP contribution in [-0.2, 0) is 11.3 Å². The molecule has 2 amide bonds. The van der Waals surface area contributed by atoms with Crippen LogP contribution >= 0.6 is 0 Å². The fourth-order valence-corrected chi connectivity index (χ4v) is 6.49. The standard InChI is InChI=1S/C36H50N8O5/c1-21(2)43(22(3)4)14-13-37-36(48)39-18-29-41-33(30-34(42-29)44(20-40-30)35-32(47)31(46)28(19-45)49-35)38-17-27(25-11-7-9-23(5)15-25)26-12-8-10-24(6)16-26/h7-12,15-16,20-22,27-28,31-32,35,45-47H,13-14,17-19H2,1-6H3,(H2,37,39,48)(H,38,41,42)/t28-,31-,32+,35-/m1/s1. The number of urea groups is 1. The third kappa shape index (κ3) is 8.54. The van der Waals surface area contributed by atoms with E-state index in [0.717, 1.165) is 22.3 Å². The van der Waals surface area contributed by atoms with Crippen LogP contribution in [0.5, 0.6) is 0 Å². The number of amides is 2. The van der Waals surface area contributed by atoms with Crippen molar-refractivity contribution in [3.8, 4) is 0 Å². The highest BCUT2D eigenvalue weighted by molar-refractivity contribution is 5.83. The number of anilines is 1. The van der Waals surface area contributed by atoms with Gasteiger partial charge in [0.15, 0.2) is 29.0 Å². The molecule has 1 aliphatic heterocycles. The fraction of sp³-hybridized carbons (Fsp3) is 0.500. The van der Waals surface area contributed by atoms with Gasteiger partial charge in [-0.05, 0) is 52.7 Å². The van der Waals surface area contributed by atoms with Gasteiger partial charge in [-0.1, -0.05) is 59.7 Å². The predicted octanol–water partition coefficient (Wildman–Crippen LogP) is 3.22. The van der Waals surface area contributed by atoms with Crippen molar-refractivity contribution in [2.24, 2.45) is 0 Å². The summed E-state index contributed by atoms with van der Waals surface area (Å²) in [6.07, 6.45) is -3.14. The predicted molar refractivity (Wildman–Crippen MR) is 188 cm³/mol. The molecular weight excluding hydrogens is 624 g/mol. The topological polar surface area (TPSA) is 170 Å². The van der Waals surface area contributed by atoms with E-state index >= 15 is 0 Å². The molecule has 5 rings (SSSR count). The van der Waals surface area contributed by atoms with Crippen molar-refractivity contribution >= 4 is 23.0 Å². The minimum atomic E-state index is -1.32. The average molecular weight is 675 g/mol. The number of aromatic nitrogens is 4. The van der Waals surface area contributed by atoms with Gasteiger partial charge in [0.05, 0.1) is 19.5 Å². The molecule has 49 heavy (non-hydrogen) atoms. The summed E-state index contributed by atoms with van der Waals surface area (Å²) in [5.74, 6) is 0.741. The summed E-state index contributed by atoms with van der Waals surface area (Å²) in [6, 6.07) is 17.2. The Morgan fingerprint density at radius 3 is 2.18 bits per heavy atom. The van der Waals surface area contributed by atoms with Gasteiger partial charge in [0.1, 0.15) is 18.3 Å². The Balaban J connectivity index is 1.42. The number of hydrogen-bond donors (Lipinski definition) is 6. The highest BCUT2D eigenvalue weighted by Gasteiger charge is 2.44. The SMILES string of the molecule is Cc1cccc(C(CNc2nc(CNC(=O)NCCN(C(C)C)C(C)C)nc3c2ncn3[C@@H]2O[C@H](CO)[C@@H](O)[C@@H]2O)c2cccc(C)c2)c1. The molecule has 6 N–H and O–H groups in total. The molecule has 3 heterocycles. The molecule has 264 valence electrons. The zero-order valence-corrected chi connectivity index (χ0v) is 29.2. The number of rotatable bonds is 14. The second kappa shape index (κ2) is 16.0. The number of carbonyl (C=O) groups is 1. The number of nitrogens with one attached hydrogen (secondary N) is 3. The Bertz CT molecular complexity index is 1660. The van der Waals surface area contributed by atoms with Gasteiger partial charge < -0.3 is 36.0 Å². The molecule has 0 saturated carbocycles. The molecule has 0 spiro atoms. The maximum Gasteiger partial charge on any atom is 0.315 e. The second-order valence-corrected chi connectivity index (χ2v) is 13.3. The van der Waals surface area contributed by atoms with E-state index in [0.29, 0.717) is 54.5 Å². The summed E-state index contributed by atoms with van der Waals surface area (Å²) in [7, 11) is 0. The van der Waals surface area contributed by atoms with Gasteiger partial charge in [0.2, 0.25) is 0 Å². The van der Waals surface area contributed by atoms with Crippen LogP contribution < -0.4 is 16.0 Å². The van der Waals surface area contributed by atoms with Crippen LogP contribution in [0.3, 0.4) is 0 Å². The molecule has 13 nitrogen and oxygen atoms in total. The first kappa shape index (κ1) is 36.1. The third-order valence-electron chi connectivity index (χ3n) is 9.01. The Morgan fingerprint density at radius 2 is 1.61 bits per heavy atom. The molecule has 0 unspecified atom stereocenters. The number of aliphatic hydroxyl groups is 3. The van der Waals surface area contributed by atoms with Gasteiger partial charge in [-0.25, -0.2) is 19.7 Å². The summed E-state index contributed by atoms with van der Waals surface area (Å²) in [5, 5.41) is 40.2. The monoisotopic (exact) mass is 674 g/mol. The van der Waals surface area contributed by atoms with Gasteiger partial charge in [-0.2, -0.15) is 0 Å². The molecule has 0 aliphatic carbocycles. The Labute approximate surface area is 287 Å². The first-order valence-electron chi connectivity index (χ1n) is 17.0. The van der Waals surface area contributed by atoms with Crippen molar-refractivity contribution in [1.29, 1.82) is 0 Å². The Kier molecular flexibility index (Phi) is 11.8. The van der Waals surface area contributed by atoms with Crippen LogP contribution in [0.15, 0.2) is 54.9 Å². The number of nitrogens with zero attached hydrogens (tertiary/aromatic N) is 5. The maximum absolute atomic E-state index is 12.8. The molecule has 1 saturated heterocycles. The van der Waals surface area contributed by atoms with Crippen molar-refractivity contribution in [3.05, 3.63) is 82.9 Å². The van der Waals surface area contributed by atoms with Crippen molar-refractivity contribution in [1.82, 2.24) is 35.1 Å². The summed E-state index contributed by atoms with van der Waals surface area (Å²) in [5.41, 5.74) is 5.38. The van der Waals surface area contributed by atoms with Crippen LogP contribution in [-0.4, -0.2) is 102 Å². The zero-order chi connectivity index (χ0) is 35.2. The van der Waals surface area contributed by atoms with Gasteiger partial charge in [0.25, 0.3) is 0 Å². The molecule has 13 heteroatoms. The van der Waals surface area contributed by atoms with Gasteiger partial charge in [0, 0.05) is 37.6 Å². The largest absolute Gasteiger partial charge is 0.394 e. The van der Waals surface area contributed by atoms with Crippen LogP contribution in [0.1, 0.15) is 67.9 Å². The van der Waals surface area contributed by atoms with E-state index in [-0.39, 0.29) is 18.5 Å². The molecule has 1 fully saturated rings. The molecule has 2 aromatic carbocycles. The zero-order valence-electron chi connectivity index (χ0n) is 29.2. The Hall–Kier alpha value is -4.14. The average Bonchev–Trinajstić information content (AvgIpc) is 3.61. The first-order valence-corrected chi connectivity index (χ1v) is 17.0. The van der Waals surface area contributed by atoms with E-state index in [1.54, 1.807) is 0 Å². The van der Waals surface area contributed by atoms with Crippen LogP contribution in [0.4, 0.5) is 10.6 Å². The highest BCUT2D eigenvalue weighted by atomic mass is 16.6. The molecule has 2 aromatic heterocycles. The number of benzene rings is 2. The van der Waals surface area contributed by atoms with Crippen molar-refractivity contribution in [2.75, 3.05) is 31.6 Å². The lowest BCUT2D eigenvalue weighted by molar-refractivity contribution is -0.0511. The summed E-state index contributed by atoms with van der Waals surface area (Å²) in [4.78, 5) is 29.2. The molecule has 0 bridgehead atoms. The summed E-state index contributed by atoms with van der Waals surface area (Å²) in [6.45, 7) is 13.9. The van der Waals surface area contributed by atoms with Gasteiger partial charge in [-0.3, -0.25) is 9.47 Å². The van der Waals surface area contributed by atoms with E-state index in [4.69, 9.17) is 14.7 Å². The van der Waals surface area contributed by atoms with Gasteiger partial charge in [-0.15, -0.1) is 0 Å². The van der Waals surface area contributed by atoms with Crippen molar-refractivity contribution in [3.63, 3.8) is 0 Å².